The molecule has 6 nitrogen and oxygen atoms in total. The molecule has 0 fully saturated rings. The van der Waals surface area contributed by atoms with Gasteiger partial charge in [0.2, 0.25) is 0 Å². The second-order valence-electron chi connectivity index (χ2n) is 5.99. The van der Waals surface area contributed by atoms with Crippen LogP contribution in [0.1, 0.15) is 22.3 Å². The lowest BCUT2D eigenvalue weighted by Crippen LogP contribution is -2.44. The lowest BCUT2D eigenvalue weighted by Gasteiger charge is -2.16. The highest BCUT2D eigenvalue weighted by molar-refractivity contribution is 7.89. The Kier molecular flexibility index (Phi) is 5.99. The molecule has 0 atom stereocenters. The molecule has 0 aliphatic heterocycles. The summed E-state index contributed by atoms with van der Waals surface area (Å²) in [6.07, 6.45) is 0. The van der Waals surface area contributed by atoms with Crippen LogP contribution in [0.5, 0.6) is 5.75 Å². The normalized spacial score (nSPS) is 11.3. The monoisotopic (exact) mass is 380 g/mol. The Morgan fingerprint density at radius 2 is 1.69 bits per heavy atom. The third kappa shape index (κ3) is 4.59. The maximum absolute atomic E-state index is 13.1. The number of carbonyl (C=O) groups excluding carboxylic acids is 1. The molecule has 2 rings (SSSR count). The fraction of sp³-hybridized carbons (Fsp3) is 0.278. The summed E-state index contributed by atoms with van der Waals surface area (Å²) < 4.78 is 43.3. The van der Waals surface area contributed by atoms with Crippen molar-refractivity contribution < 1.29 is 22.3 Å². The smallest absolute Gasteiger partial charge is 0.272 e. The van der Waals surface area contributed by atoms with Crippen LogP contribution in [0.3, 0.4) is 0 Å². The van der Waals surface area contributed by atoms with Crippen molar-refractivity contribution in [3.8, 4) is 5.75 Å². The summed E-state index contributed by atoms with van der Waals surface area (Å²) >= 11 is 0. The summed E-state index contributed by atoms with van der Waals surface area (Å²) in [6.45, 7) is 6.62. The minimum absolute atomic E-state index is 0.140. The number of halogens is 1. The van der Waals surface area contributed by atoms with Gasteiger partial charge in [-0.3, -0.25) is 10.2 Å². The number of benzene rings is 2. The minimum atomic E-state index is -3.95. The molecule has 0 aromatic heterocycles. The van der Waals surface area contributed by atoms with Crippen molar-refractivity contribution in [3.63, 3.8) is 0 Å². The van der Waals surface area contributed by atoms with Crippen molar-refractivity contribution in [3.05, 3.63) is 58.4 Å². The van der Waals surface area contributed by atoms with Crippen LogP contribution in [0.2, 0.25) is 0 Å². The van der Waals surface area contributed by atoms with Gasteiger partial charge in [-0.05, 0) is 62.1 Å². The van der Waals surface area contributed by atoms with Crippen LogP contribution in [0.25, 0.3) is 0 Å². The van der Waals surface area contributed by atoms with Gasteiger partial charge >= 0.3 is 0 Å². The van der Waals surface area contributed by atoms with Crippen LogP contribution >= 0.6 is 0 Å². The van der Waals surface area contributed by atoms with Crippen molar-refractivity contribution in [2.24, 2.45) is 0 Å². The molecule has 0 saturated carbocycles. The first-order chi connectivity index (χ1) is 12.1. The van der Waals surface area contributed by atoms with E-state index in [0.29, 0.717) is 11.1 Å². The molecule has 0 saturated heterocycles. The van der Waals surface area contributed by atoms with Crippen LogP contribution in [-0.2, 0) is 14.8 Å². The number of amides is 1. The Bertz CT molecular complexity index is 916. The molecule has 0 spiro atoms. The second-order valence-corrected chi connectivity index (χ2v) is 7.61. The zero-order valence-electron chi connectivity index (χ0n) is 15.0. The van der Waals surface area contributed by atoms with Crippen molar-refractivity contribution in [2.45, 2.75) is 32.6 Å². The van der Waals surface area contributed by atoms with E-state index in [0.717, 1.165) is 17.2 Å². The largest absolute Gasteiger partial charge is 0.484 e. The number of ether oxygens (including phenoxy) is 1. The molecule has 0 aliphatic rings. The van der Waals surface area contributed by atoms with Gasteiger partial charge in [-0.15, -0.1) is 4.83 Å². The fourth-order valence-corrected chi connectivity index (χ4v) is 3.98. The fourth-order valence-electron chi connectivity index (χ4n) is 2.50. The van der Waals surface area contributed by atoms with Gasteiger partial charge in [-0.25, -0.2) is 12.8 Å². The minimum Gasteiger partial charge on any atom is -0.484 e. The van der Waals surface area contributed by atoms with Gasteiger partial charge in [0.15, 0.2) is 6.61 Å². The molecular formula is C18H21FN2O4S. The summed E-state index contributed by atoms with van der Waals surface area (Å²) in [6, 6.07) is 7.21. The van der Waals surface area contributed by atoms with Gasteiger partial charge in [-0.1, -0.05) is 12.1 Å². The van der Waals surface area contributed by atoms with Gasteiger partial charge in [0.25, 0.3) is 15.9 Å². The van der Waals surface area contributed by atoms with Gasteiger partial charge in [0.1, 0.15) is 11.6 Å². The Hall–Kier alpha value is -2.45. The van der Waals surface area contributed by atoms with Crippen molar-refractivity contribution in [1.82, 2.24) is 10.3 Å². The SMILES string of the molecule is Cc1cc(C)c(C)c(S(=O)(=O)NNC(=O)COc2cccc(F)c2)c1C. The third-order valence-corrected chi connectivity index (χ3v) is 5.58. The average Bonchev–Trinajstić information content (AvgIpc) is 2.56. The van der Waals surface area contributed by atoms with E-state index in [1.807, 2.05) is 19.9 Å². The Balaban J connectivity index is 2.05. The first kappa shape index (κ1) is 19.9. The van der Waals surface area contributed by atoms with Gasteiger partial charge < -0.3 is 4.74 Å². The molecule has 2 N–H and O–H groups in total. The van der Waals surface area contributed by atoms with Crippen molar-refractivity contribution in [1.29, 1.82) is 0 Å². The van der Waals surface area contributed by atoms with E-state index in [-0.39, 0.29) is 10.6 Å². The van der Waals surface area contributed by atoms with Gasteiger partial charge in [0, 0.05) is 6.07 Å². The summed E-state index contributed by atoms with van der Waals surface area (Å²) in [5.74, 6) is -1.04. The molecule has 2 aromatic rings. The summed E-state index contributed by atoms with van der Waals surface area (Å²) in [5.41, 5.74) is 5.02. The maximum atomic E-state index is 13.1. The van der Waals surface area contributed by atoms with Gasteiger partial charge in [0.05, 0.1) is 4.90 Å². The lowest BCUT2D eigenvalue weighted by molar-refractivity contribution is -0.123. The molecule has 140 valence electrons. The standard InChI is InChI=1S/C18H21FN2O4S/c1-11-8-12(2)14(4)18(13(11)3)26(23,24)21-20-17(22)10-25-16-7-5-6-15(19)9-16/h5-9,21H,10H2,1-4H3,(H,20,22). The number of carbonyl (C=O) groups is 1. The van der Waals surface area contributed by atoms with Crippen molar-refractivity contribution >= 4 is 15.9 Å². The van der Waals surface area contributed by atoms with E-state index in [2.05, 4.69) is 10.3 Å². The third-order valence-electron chi connectivity index (χ3n) is 4.06. The highest BCUT2D eigenvalue weighted by Crippen LogP contribution is 2.25. The topological polar surface area (TPSA) is 84.5 Å². The maximum Gasteiger partial charge on any atom is 0.272 e. The molecule has 0 heterocycles. The molecule has 1 amide bonds. The molecular weight excluding hydrogens is 359 g/mol. The molecule has 0 unspecified atom stereocenters. The highest BCUT2D eigenvalue weighted by Gasteiger charge is 2.22. The first-order valence-electron chi connectivity index (χ1n) is 7.88. The van der Waals surface area contributed by atoms with E-state index >= 15 is 0 Å². The Morgan fingerprint density at radius 1 is 1.08 bits per heavy atom. The van der Waals surface area contributed by atoms with Crippen LogP contribution in [0, 0.1) is 33.5 Å². The molecule has 0 aliphatic carbocycles. The van der Waals surface area contributed by atoms with Crippen LogP contribution in [0.4, 0.5) is 4.39 Å². The number of nitrogens with one attached hydrogen (secondary N) is 2. The lowest BCUT2D eigenvalue weighted by atomic mass is 10.0. The van der Waals surface area contributed by atoms with Crippen LogP contribution < -0.4 is 15.0 Å². The predicted octanol–water partition coefficient (Wildman–Crippen LogP) is 2.45. The van der Waals surface area contributed by atoms with E-state index in [4.69, 9.17) is 4.74 Å². The highest BCUT2D eigenvalue weighted by atomic mass is 32.2. The van der Waals surface area contributed by atoms with E-state index in [9.17, 15) is 17.6 Å². The molecule has 0 radical (unpaired) electrons. The molecule has 8 heteroatoms. The second kappa shape index (κ2) is 7.84. The van der Waals surface area contributed by atoms with Crippen LogP contribution in [-0.4, -0.2) is 20.9 Å². The van der Waals surface area contributed by atoms with E-state index in [1.165, 1.54) is 18.2 Å². The van der Waals surface area contributed by atoms with Crippen molar-refractivity contribution in [2.75, 3.05) is 6.61 Å². The molecule has 2 aromatic carbocycles. The van der Waals surface area contributed by atoms with E-state index in [1.54, 1.807) is 13.8 Å². The summed E-state index contributed by atoms with van der Waals surface area (Å²) in [7, 11) is -3.95. The van der Waals surface area contributed by atoms with Gasteiger partial charge in [-0.2, -0.15) is 0 Å². The number of aryl methyl sites for hydroxylation is 2. The number of hydrogen-bond donors (Lipinski definition) is 2. The Labute approximate surface area is 152 Å². The molecule has 0 bridgehead atoms. The van der Waals surface area contributed by atoms with Crippen LogP contribution in [0.15, 0.2) is 35.2 Å². The number of hydrogen-bond acceptors (Lipinski definition) is 4. The summed E-state index contributed by atoms with van der Waals surface area (Å²) in [5, 5.41) is 0. The van der Waals surface area contributed by atoms with E-state index < -0.39 is 28.4 Å². The number of rotatable bonds is 6. The zero-order chi connectivity index (χ0) is 19.5. The molecule has 26 heavy (non-hydrogen) atoms. The Morgan fingerprint density at radius 3 is 2.27 bits per heavy atom. The first-order valence-corrected chi connectivity index (χ1v) is 9.36. The number of sulfonamides is 1. The summed E-state index contributed by atoms with van der Waals surface area (Å²) in [4.78, 5) is 14.0. The number of hydrazine groups is 1. The average molecular weight is 380 g/mol. The predicted molar refractivity (Wildman–Crippen MR) is 95.7 cm³/mol. The zero-order valence-corrected chi connectivity index (χ0v) is 15.8. The quantitative estimate of drug-likeness (QED) is 0.754.